The van der Waals surface area contributed by atoms with Gasteiger partial charge in [-0.25, -0.2) is 0 Å². The SMILES string of the molecule is Cl.O=C(CO)[C@@H](O)[C@H](O)[C@H](O)CO.[Ca+2].[H-].[H-]. The van der Waals surface area contributed by atoms with E-state index < -0.39 is 37.3 Å². The van der Waals surface area contributed by atoms with Crippen molar-refractivity contribution in [2.45, 2.75) is 18.3 Å². The van der Waals surface area contributed by atoms with Crippen molar-refractivity contribution in [1.82, 2.24) is 0 Å². The van der Waals surface area contributed by atoms with Crippen molar-refractivity contribution >= 4 is 55.9 Å². The number of aliphatic hydroxyl groups is 5. The van der Waals surface area contributed by atoms with Crippen LogP contribution >= 0.6 is 12.4 Å². The molecule has 8 heteroatoms. The molecule has 3 atom stereocenters. The Balaban J connectivity index is -0.000000101. The maximum Gasteiger partial charge on any atom is 2.00 e. The third-order valence-corrected chi connectivity index (χ3v) is 1.39. The molecule has 5 N–H and O–H groups in total. The molecule has 6 nitrogen and oxygen atoms in total. The van der Waals surface area contributed by atoms with Crippen molar-refractivity contribution in [3.63, 3.8) is 0 Å². The van der Waals surface area contributed by atoms with Crippen LogP contribution in [0.1, 0.15) is 2.85 Å². The number of carbonyl (C=O) groups is 1. The summed E-state index contributed by atoms with van der Waals surface area (Å²) in [6, 6.07) is 0. The van der Waals surface area contributed by atoms with E-state index in [0.29, 0.717) is 0 Å². The van der Waals surface area contributed by atoms with E-state index in [1.54, 1.807) is 0 Å². The number of hydrogen-bond acceptors (Lipinski definition) is 6. The normalized spacial score (nSPS) is 15.8. The first-order valence-corrected chi connectivity index (χ1v) is 3.33. The summed E-state index contributed by atoms with van der Waals surface area (Å²) in [6.45, 7) is -1.69. The van der Waals surface area contributed by atoms with Crippen LogP contribution < -0.4 is 0 Å². The Morgan fingerprint density at radius 2 is 1.64 bits per heavy atom. The predicted octanol–water partition coefficient (Wildman–Crippen LogP) is -3.11. The van der Waals surface area contributed by atoms with Crippen molar-refractivity contribution < 1.29 is 33.2 Å². The average Bonchev–Trinajstić information content (AvgIpc) is 2.12. The van der Waals surface area contributed by atoms with Gasteiger partial charge in [-0.05, 0) is 0 Å². The zero-order valence-electron chi connectivity index (χ0n) is 9.41. The zero-order chi connectivity index (χ0) is 9.72. The van der Waals surface area contributed by atoms with Gasteiger partial charge in [0, 0.05) is 0 Å². The first-order valence-electron chi connectivity index (χ1n) is 3.33. The van der Waals surface area contributed by atoms with Gasteiger partial charge in [-0.2, -0.15) is 0 Å². The van der Waals surface area contributed by atoms with E-state index in [0.717, 1.165) is 0 Å². The summed E-state index contributed by atoms with van der Waals surface area (Å²) in [6.07, 6.45) is -5.22. The molecule has 0 bridgehead atoms. The molecule has 0 amide bonds. The van der Waals surface area contributed by atoms with Crippen molar-refractivity contribution in [2.24, 2.45) is 0 Å². The minimum absolute atomic E-state index is 0. The topological polar surface area (TPSA) is 118 Å². The Morgan fingerprint density at radius 1 is 1.21 bits per heavy atom. The molecule has 0 heterocycles. The fourth-order valence-corrected chi connectivity index (χ4v) is 0.602. The Kier molecular flexibility index (Phi) is 15.4. The summed E-state index contributed by atoms with van der Waals surface area (Å²) >= 11 is 0. The van der Waals surface area contributed by atoms with E-state index in [-0.39, 0.29) is 53.0 Å². The van der Waals surface area contributed by atoms with Crippen LogP contribution in [0, 0.1) is 0 Å². The largest absolute Gasteiger partial charge is 2.00 e. The quantitative estimate of drug-likeness (QED) is 0.333. The molecular formula is C6H15CaClO6. The minimum atomic E-state index is -1.86. The molecule has 0 aromatic rings. The van der Waals surface area contributed by atoms with E-state index in [4.69, 9.17) is 25.5 Å². The van der Waals surface area contributed by atoms with Gasteiger partial charge in [0.2, 0.25) is 0 Å². The zero-order valence-corrected chi connectivity index (χ0v) is 10.4. The van der Waals surface area contributed by atoms with E-state index in [9.17, 15) is 4.79 Å². The fraction of sp³-hybridized carbons (Fsp3) is 0.833. The van der Waals surface area contributed by atoms with Gasteiger partial charge in [0.15, 0.2) is 5.78 Å². The third kappa shape index (κ3) is 6.49. The van der Waals surface area contributed by atoms with Crippen LogP contribution in [0.15, 0.2) is 0 Å². The Morgan fingerprint density at radius 3 is 1.93 bits per heavy atom. The van der Waals surface area contributed by atoms with E-state index in [1.165, 1.54) is 0 Å². The molecule has 0 radical (unpaired) electrons. The number of carbonyl (C=O) groups excluding carboxylic acids is 1. The van der Waals surface area contributed by atoms with Gasteiger partial charge in [-0.3, -0.25) is 4.79 Å². The molecule has 0 fully saturated rings. The number of aliphatic hydroxyl groups excluding tert-OH is 5. The Hall–Kier alpha value is 1.02. The number of hydrogen-bond donors (Lipinski definition) is 5. The molecule has 0 aromatic heterocycles. The van der Waals surface area contributed by atoms with Crippen LogP contribution in [-0.4, -0.2) is 101 Å². The maximum atomic E-state index is 10.5. The Bertz CT molecular complexity index is 166. The molecule has 0 spiro atoms. The second-order valence-electron chi connectivity index (χ2n) is 2.31. The molecule has 0 aliphatic carbocycles. The van der Waals surface area contributed by atoms with Crippen molar-refractivity contribution in [1.29, 1.82) is 0 Å². The molecule has 0 aromatic carbocycles. The van der Waals surface area contributed by atoms with Gasteiger partial charge >= 0.3 is 37.7 Å². The van der Waals surface area contributed by atoms with Crippen LogP contribution in [0.2, 0.25) is 0 Å². The minimum Gasteiger partial charge on any atom is -1.00 e. The molecule has 0 aliphatic heterocycles. The summed E-state index contributed by atoms with van der Waals surface area (Å²) in [4.78, 5) is 10.5. The third-order valence-electron chi connectivity index (χ3n) is 1.39. The van der Waals surface area contributed by atoms with Crippen molar-refractivity contribution in [2.75, 3.05) is 13.2 Å². The van der Waals surface area contributed by atoms with E-state index in [2.05, 4.69) is 0 Å². The van der Waals surface area contributed by atoms with E-state index in [1.807, 2.05) is 0 Å². The number of halogens is 1. The molecule has 0 saturated heterocycles. The van der Waals surface area contributed by atoms with Crippen LogP contribution in [0.3, 0.4) is 0 Å². The molecule has 0 aliphatic rings. The van der Waals surface area contributed by atoms with Gasteiger partial charge in [0.1, 0.15) is 24.9 Å². The molecule has 0 unspecified atom stereocenters. The second kappa shape index (κ2) is 10.5. The maximum absolute atomic E-state index is 10.5. The predicted molar refractivity (Wildman–Crippen MR) is 52.4 cm³/mol. The summed E-state index contributed by atoms with van der Waals surface area (Å²) in [5, 5.41) is 43.1. The monoisotopic (exact) mass is 258 g/mol. The van der Waals surface area contributed by atoms with Crippen molar-refractivity contribution in [3.05, 3.63) is 0 Å². The van der Waals surface area contributed by atoms with Crippen molar-refractivity contribution in [3.8, 4) is 0 Å². The molecule has 0 rings (SSSR count). The van der Waals surface area contributed by atoms with Crippen LogP contribution in [0.4, 0.5) is 0 Å². The first-order chi connectivity index (χ1) is 5.54. The summed E-state index contributed by atoms with van der Waals surface area (Å²) < 4.78 is 0. The average molecular weight is 259 g/mol. The number of Topliss-reactive ketones (excluding diaryl/α,β-unsaturated/α-hetero) is 1. The molecule has 84 valence electrons. The molecular weight excluding hydrogens is 244 g/mol. The number of rotatable bonds is 5. The first kappa shape index (κ1) is 20.4. The van der Waals surface area contributed by atoms with Gasteiger partial charge in [-0.1, -0.05) is 0 Å². The van der Waals surface area contributed by atoms with Gasteiger partial charge in [-0.15, -0.1) is 12.4 Å². The smallest absolute Gasteiger partial charge is 1.00 e. The van der Waals surface area contributed by atoms with E-state index >= 15 is 0 Å². The Labute approximate surface area is 120 Å². The summed E-state index contributed by atoms with van der Waals surface area (Å²) in [5.74, 6) is -1.00. The fourth-order valence-electron chi connectivity index (χ4n) is 0.602. The molecule has 0 saturated carbocycles. The van der Waals surface area contributed by atoms with Crippen LogP contribution in [0.5, 0.6) is 0 Å². The van der Waals surface area contributed by atoms with Gasteiger partial charge in [0.25, 0.3) is 0 Å². The molecule has 14 heavy (non-hydrogen) atoms. The number of ketones is 1. The van der Waals surface area contributed by atoms with Gasteiger partial charge < -0.3 is 28.4 Å². The summed E-state index contributed by atoms with van der Waals surface area (Å²) in [5.41, 5.74) is 0. The second-order valence-corrected chi connectivity index (χ2v) is 2.31. The summed E-state index contributed by atoms with van der Waals surface area (Å²) in [7, 11) is 0. The van der Waals surface area contributed by atoms with Gasteiger partial charge in [0.05, 0.1) is 6.61 Å². The standard InChI is InChI=1S/C6H12O6.Ca.ClH.2H/c7-1-3(9)5(11)6(12)4(10)2-8;;;;/h3,5-9,11-12H,1-2H2;;1H;;/q;+2;;2*-1/t3-,5-,6-;;;;/m1..../s1. The van der Waals surface area contributed by atoms with Crippen LogP contribution in [-0.2, 0) is 4.79 Å². The van der Waals surface area contributed by atoms with Crippen LogP contribution in [0.25, 0.3) is 0 Å².